The topological polar surface area (TPSA) is 111 Å². The molecule has 0 aromatic heterocycles. The third-order valence-electron chi connectivity index (χ3n) is 5.27. The zero-order chi connectivity index (χ0) is 29.2. The summed E-state index contributed by atoms with van der Waals surface area (Å²) in [6.07, 6.45) is 1.30. The molecular weight excluding hydrogens is 496 g/mol. The molecule has 0 aliphatic carbocycles. The Morgan fingerprint density at radius 3 is 1.46 bits per heavy atom. The summed E-state index contributed by atoms with van der Waals surface area (Å²) < 4.78 is 10.1. The van der Waals surface area contributed by atoms with Gasteiger partial charge in [0.15, 0.2) is 0 Å². The Morgan fingerprint density at radius 2 is 1.03 bits per heavy atom. The first-order chi connectivity index (χ1) is 18.5. The van der Waals surface area contributed by atoms with Gasteiger partial charge in [0.1, 0.15) is 12.1 Å². The van der Waals surface area contributed by atoms with Crippen LogP contribution in [0.3, 0.4) is 0 Å². The minimum absolute atomic E-state index is 0.136. The van der Waals surface area contributed by atoms with Gasteiger partial charge in [-0.3, -0.25) is 9.59 Å². The molecule has 0 bridgehead atoms. The van der Waals surface area contributed by atoms with Crippen molar-refractivity contribution < 1.29 is 28.7 Å². The molecule has 0 spiro atoms. The van der Waals surface area contributed by atoms with Crippen LogP contribution in [0.2, 0.25) is 0 Å². The van der Waals surface area contributed by atoms with Crippen molar-refractivity contribution in [3.05, 3.63) is 71.8 Å². The second-order valence-corrected chi connectivity index (χ2v) is 10.3. The van der Waals surface area contributed by atoms with Crippen LogP contribution in [0.4, 0.5) is 0 Å². The van der Waals surface area contributed by atoms with Crippen LogP contribution in [0.5, 0.6) is 0 Å². The fourth-order valence-electron chi connectivity index (χ4n) is 3.16. The normalized spacial score (nSPS) is 12.0. The SMILES string of the molecule is CC(C)COC(=O)[C@H](C)NC(=O)CCc1ccccc1.CC(C)COC(=O)[C@H](C)NC(=O)Cc1ccccc1. The number of nitrogens with one attached hydrogen (secondary N) is 2. The standard InChI is InChI=1S/C16H23NO3.C15H21NO3/c1-12(2)11-20-16(19)13(3)17-15(18)10-9-14-7-5-4-6-8-14;1-11(2)10-19-15(18)12(3)16-14(17)9-13-7-5-4-6-8-13/h4-8,12-13H,9-11H2,1-3H3,(H,17,18);4-8,11-12H,9-10H2,1-3H3,(H,16,17)/t13-;12-/m00/s1. The number of carbonyl (C=O) groups excluding carboxylic acids is 4. The maximum Gasteiger partial charge on any atom is 0.328 e. The molecule has 39 heavy (non-hydrogen) atoms. The van der Waals surface area contributed by atoms with Crippen LogP contribution in [0.1, 0.15) is 59.1 Å². The average Bonchev–Trinajstić information content (AvgIpc) is 2.90. The fraction of sp³-hybridized carbons (Fsp3) is 0.484. The van der Waals surface area contributed by atoms with E-state index in [1.165, 1.54) is 0 Å². The van der Waals surface area contributed by atoms with Crippen LogP contribution in [0.25, 0.3) is 0 Å². The van der Waals surface area contributed by atoms with Crippen LogP contribution < -0.4 is 10.6 Å². The van der Waals surface area contributed by atoms with E-state index in [2.05, 4.69) is 10.6 Å². The van der Waals surface area contributed by atoms with Crippen molar-refractivity contribution in [2.75, 3.05) is 13.2 Å². The Bertz CT molecular complexity index is 1010. The molecule has 2 aromatic rings. The molecule has 0 heterocycles. The summed E-state index contributed by atoms with van der Waals surface area (Å²) in [6, 6.07) is 18.0. The van der Waals surface area contributed by atoms with Gasteiger partial charge in [-0.2, -0.15) is 0 Å². The summed E-state index contributed by atoms with van der Waals surface area (Å²) in [5, 5.41) is 5.30. The number of carbonyl (C=O) groups is 4. The summed E-state index contributed by atoms with van der Waals surface area (Å²) in [4.78, 5) is 46.7. The molecule has 8 nitrogen and oxygen atoms in total. The van der Waals surface area contributed by atoms with Gasteiger partial charge in [0, 0.05) is 6.42 Å². The number of amides is 2. The van der Waals surface area contributed by atoms with Crippen LogP contribution >= 0.6 is 0 Å². The van der Waals surface area contributed by atoms with Gasteiger partial charge in [-0.05, 0) is 43.2 Å². The van der Waals surface area contributed by atoms with E-state index in [0.717, 1.165) is 11.1 Å². The van der Waals surface area contributed by atoms with Crippen molar-refractivity contribution in [2.24, 2.45) is 11.8 Å². The fourth-order valence-corrected chi connectivity index (χ4v) is 3.16. The molecule has 0 fully saturated rings. The summed E-state index contributed by atoms with van der Waals surface area (Å²) in [5.41, 5.74) is 2.03. The maximum absolute atomic E-state index is 11.8. The van der Waals surface area contributed by atoms with E-state index in [9.17, 15) is 19.2 Å². The average molecular weight is 541 g/mol. The molecule has 2 rings (SSSR count). The van der Waals surface area contributed by atoms with Crippen molar-refractivity contribution in [3.63, 3.8) is 0 Å². The minimum Gasteiger partial charge on any atom is -0.464 e. The lowest BCUT2D eigenvalue weighted by molar-refractivity contribution is -0.148. The highest BCUT2D eigenvalue weighted by Crippen LogP contribution is 2.03. The molecule has 0 saturated heterocycles. The molecule has 0 aliphatic rings. The van der Waals surface area contributed by atoms with Gasteiger partial charge in [0.25, 0.3) is 0 Å². The first-order valence-corrected chi connectivity index (χ1v) is 13.5. The Labute approximate surface area is 232 Å². The Balaban J connectivity index is 0.000000391. The van der Waals surface area contributed by atoms with E-state index >= 15 is 0 Å². The Kier molecular flexibility index (Phi) is 15.9. The third-order valence-corrected chi connectivity index (χ3v) is 5.27. The molecule has 214 valence electrons. The van der Waals surface area contributed by atoms with Crippen molar-refractivity contribution in [1.29, 1.82) is 0 Å². The van der Waals surface area contributed by atoms with Crippen LogP contribution in [0.15, 0.2) is 60.7 Å². The quantitative estimate of drug-likeness (QED) is 0.368. The summed E-state index contributed by atoms with van der Waals surface area (Å²) in [5.74, 6) is -0.513. The molecule has 2 N–H and O–H groups in total. The van der Waals surface area contributed by atoms with Gasteiger partial charge in [-0.15, -0.1) is 0 Å². The summed E-state index contributed by atoms with van der Waals surface area (Å²) in [6.45, 7) is 11.9. The lowest BCUT2D eigenvalue weighted by Gasteiger charge is -2.14. The van der Waals surface area contributed by atoms with E-state index in [1.807, 2.05) is 88.4 Å². The summed E-state index contributed by atoms with van der Waals surface area (Å²) >= 11 is 0. The van der Waals surface area contributed by atoms with Crippen molar-refractivity contribution in [1.82, 2.24) is 10.6 Å². The number of hydrogen-bond acceptors (Lipinski definition) is 6. The monoisotopic (exact) mass is 540 g/mol. The number of benzene rings is 2. The highest BCUT2D eigenvalue weighted by molar-refractivity contribution is 5.85. The third kappa shape index (κ3) is 16.0. The van der Waals surface area contributed by atoms with Gasteiger partial charge in [-0.1, -0.05) is 88.4 Å². The first kappa shape index (κ1) is 33.3. The van der Waals surface area contributed by atoms with Crippen LogP contribution in [-0.2, 0) is 41.5 Å². The molecule has 8 heteroatoms. The predicted molar refractivity (Wildman–Crippen MR) is 152 cm³/mol. The second-order valence-electron chi connectivity index (χ2n) is 10.3. The van der Waals surface area contributed by atoms with E-state index in [-0.39, 0.29) is 30.1 Å². The van der Waals surface area contributed by atoms with Crippen LogP contribution in [-0.4, -0.2) is 49.1 Å². The largest absolute Gasteiger partial charge is 0.464 e. The van der Waals surface area contributed by atoms with Gasteiger partial charge in [0.05, 0.1) is 19.6 Å². The zero-order valence-corrected chi connectivity index (χ0v) is 24.1. The molecular formula is C31H44N2O6. The Morgan fingerprint density at radius 1 is 0.615 bits per heavy atom. The highest BCUT2D eigenvalue weighted by Gasteiger charge is 2.18. The van der Waals surface area contributed by atoms with Crippen molar-refractivity contribution >= 4 is 23.8 Å². The molecule has 0 radical (unpaired) electrons. The highest BCUT2D eigenvalue weighted by atomic mass is 16.5. The van der Waals surface area contributed by atoms with Gasteiger partial charge >= 0.3 is 11.9 Å². The predicted octanol–water partition coefficient (Wildman–Crippen LogP) is 4.26. The minimum atomic E-state index is -0.616. The number of rotatable bonds is 13. The van der Waals surface area contributed by atoms with E-state index < -0.39 is 18.1 Å². The maximum atomic E-state index is 11.8. The van der Waals surface area contributed by atoms with Gasteiger partial charge in [0.2, 0.25) is 11.8 Å². The summed E-state index contributed by atoms with van der Waals surface area (Å²) in [7, 11) is 0. The number of aryl methyl sites for hydroxylation is 1. The lowest BCUT2D eigenvalue weighted by atomic mass is 10.1. The number of hydrogen-bond donors (Lipinski definition) is 2. The molecule has 0 saturated carbocycles. The zero-order valence-electron chi connectivity index (χ0n) is 24.1. The molecule has 2 aromatic carbocycles. The molecule has 0 aliphatic heterocycles. The second kappa shape index (κ2) is 18.6. The number of esters is 2. The van der Waals surface area contributed by atoms with E-state index in [1.54, 1.807) is 13.8 Å². The first-order valence-electron chi connectivity index (χ1n) is 13.5. The molecule has 2 atom stereocenters. The van der Waals surface area contributed by atoms with E-state index in [0.29, 0.717) is 32.0 Å². The van der Waals surface area contributed by atoms with Gasteiger partial charge in [-0.25, -0.2) is 9.59 Å². The van der Waals surface area contributed by atoms with Crippen LogP contribution in [0, 0.1) is 11.8 Å². The molecule has 0 unspecified atom stereocenters. The molecule has 2 amide bonds. The number of ether oxygens (including phenoxy) is 2. The smallest absolute Gasteiger partial charge is 0.328 e. The van der Waals surface area contributed by atoms with Crippen molar-refractivity contribution in [3.8, 4) is 0 Å². The van der Waals surface area contributed by atoms with Crippen molar-refractivity contribution in [2.45, 2.75) is 72.9 Å². The lowest BCUT2D eigenvalue weighted by Crippen LogP contribution is -2.40. The Hall–Kier alpha value is -3.68. The van der Waals surface area contributed by atoms with Gasteiger partial charge < -0.3 is 20.1 Å². The van der Waals surface area contributed by atoms with E-state index in [4.69, 9.17) is 9.47 Å².